The van der Waals surface area contributed by atoms with Gasteiger partial charge in [-0.05, 0) is 70.6 Å². The molecule has 10 aromatic rings. The minimum absolute atomic E-state index is 0.846. The van der Waals surface area contributed by atoms with Crippen molar-refractivity contribution in [2.75, 3.05) is 0 Å². The smallest absolute Gasteiger partial charge is 0.170 e. The van der Waals surface area contributed by atoms with E-state index in [1.165, 1.54) is 5.39 Å². The number of hydrogen-bond acceptors (Lipinski definition) is 3. The standard InChI is InChI=1S/C53H36NO2P/c55-57(41-16-6-2-7-17-41,42-18-8-3-9-19-42)43-31-30-39-32-38(28-29-40(39)33-43)35-24-26-36(27-25-35)50-51-44-20-10-12-22-47(44)54-53(37-14-4-1-5-15-37)46(51)34-49-52(50)45-21-11-13-23-48(45)56-49/h1-2,4-8,10-34H,3,9H2. The van der Waals surface area contributed by atoms with E-state index in [1.54, 1.807) is 0 Å². The van der Waals surface area contributed by atoms with Crippen LogP contribution in [0.3, 0.4) is 0 Å². The van der Waals surface area contributed by atoms with Gasteiger partial charge in [0.25, 0.3) is 0 Å². The molecule has 1 atom stereocenters. The minimum atomic E-state index is -3.03. The molecule has 0 amide bonds. The Morgan fingerprint density at radius 1 is 0.491 bits per heavy atom. The van der Waals surface area contributed by atoms with Crippen LogP contribution in [0, 0.1) is 0 Å². The zero-order valence-electron chi connectivity index (χ0n) is 31.1. The molecule has 1 unspecified atom stereocenters. The van der Waals surface area contributed by atoms with Gasteiger partial charge in [-0.3, -0.25) is 0 Å². The number of pyridine rings is 1. The van der Waals surface area contributed by atoms with Crippen LogP contribution in [-0.2, 0) is 4.57 Å². The second-order valence-electron chi connectivity index (χ2n) is 14.9. The molecule has 270 valence electrons. The van der Waals surface area contributed by atoms with E-state index in [4.69, 9.17) is 9.40 Å². The average molecular weight is 750 g/mol. The average Bonchev–Trinajstić information content (AvgIpc) is 3.66. The predicted octanol–water partition coefficient (Wildman–Crippen LogP) is 14.0. The fourth-order valence-electron chi connectivity index (χ4n) is 8.78. The summed E-state index contributed by atoms with van der Waals surface area (Å²) in [6, 6.07) is 61.2. The molecule has 4 heteroatoms. The molecule has 0 N–H and O–H groups in total. The number of rotatable bonds is 6. The number of nitrogens with zero attached hydrogens (tertiary/aromatic N) is 1. The van der Waals surface area contributed by atoms with Crippen LogP contribution in [0.2, 0.25) is 0 Å². The van der Waals surface area contributed by atoms with Crippen molar-refractivity contribution >= 4 is 72.1 Å². The van der Waals surface area contributed by atoms with Gasteiger partial charge in [0.1, 0.15) is 11.2 Å². The summed E-state index contributed by atoms with van der Waals surface area (Å²) < 4.78 is 21.7. The van der Waals surface area contributed by atoms with Crippen LogP contribution >= 0.6 is 7.14 Å². The maximum absolute atomic E-state index is 15.1. The first-order valence-corrected chi connectivity index (χ1v) is 21.2. The molecule has 0 saturated carbocycles. The highest BCUT2D eigenvalue weighted by Crippen LogP contribution is 2.54. The molecular weight excluding hydrogens is 714 g/mol. The third-order valence-corrected chi connectivity index (χ3v) is 14.6. The zero-order chi connectivity index (χ0) is 37.9. The predicted molar refractivity (Wildman–Crippen MR) is 240 cm³/mol. The van der Waals surface area contributed by atoms with Crippen LogP contribution in [0.25, 0.3) is 87.9 Å². The molecule has 1 aliphatic rings. The molecule has 2 heterocycles. The van der Waals surface area contributed by atoms with E-state index >= 15 is 4.57 Å². The minimum Gasteiger partial charge on any atom is -0.456 e. The maximum atomic E-state index is 15.1. The van der Waals surface area contributed by atoms with E-state index in [1.807, 2.05) is 42.5 Å². The van der Waals surface area contributed by atoms with E-state index in [0.29, 0.717) is 0 Å². The van der Waals surface area contributed by atoms with Crippen molar-refractivity contribution < 1.29 is 8.98 Å². The van der Waals surface area contributed by atoms with Crippen molar-refractivity contribution in [3.8, 4) is 33.5 Å². The Morgan fingerprint density at radius 2 is 1.18 bits per heavy atom. The molecule has 0 bridgehead atoms. The number of para-hydroxylation sites is 2. The van der Waals surface area contributed by atoms with Crippen LogP contribution in [-0.4, -0.2) is 4.98 Å². The maximum Gasteiger partial charge on any atom is 0.170 e. The van der Waals surface area contributed by atoms with Gasteiger partial charge in [-0.15, -0.1) is 0 Å². The summed E-state index contributed by atoms with van der Waals surface area (Å²) in [7, 11) is -3.03. The van der Waals surface area contributed by atoms with Crippen LogP contribution in [0.1, 0.15) is 12.8 Å². The van der Waals surface area contributed by atoms with Crippen molar-refractivity contribution in [2.24, 2.45) is 0 Å². The lowest BCUT2D eigenvalue weighted by Crippen LogP contribution is -2.17. The first kappa shape index (κ1) is 33.5. The summed E-state index contributed by atoms with van der Waals surface area (Å²) in [5, 5.41) is 10.4. The van der Waals surface area contributed by atoms with E-state index in [2.05, 4.69) is 152 Å². The van der Waals surface area contributed by atoms with Crippen molar-refractivity contribution in [2.45, 2.75) is 12.8 Å². The summed E-state index contributed by atoms with van der Waals surface area (Å²) in [6.45, 7) is 0. The summed E-state index contributed by atoms with van der Waals surface area (Å²) in [5.41, 5.74) is 9.20. The topological polar surface area (TPSA) is 43.1 Å². The number of benzene rings is 8. The van der Waals surface area contributed by atoms with E-state index in [9.17, 15) is 0 Å². The van der Waals surface area contributed by atoms with Gasteiger partial charge >= 0.3 is 0 Å². The molecule has 2 aromatic heterocycles. The third kappa shape index (κ3) is 5.50. The van der Waals surface area contributed by atoms with E-state index < -0.39 is 7.14 Å². The lowest BCUT2D eigenvalue weighted by Gasteiger charge is -2.23. The molecule has 0 saturated heterocycles. The molecule has 8 aromatic carbocycles. The Bertz CT molecular complexity index is 3310. The van der Waals surface area contributed by atoms with Gasteiger partial charge in [0.05, 0.1) is 11.2 Å². The van der Waals surface area contributed by atoms with Gasteiger partial charge in [-0.25, -0.2) is 4.98 Å². The van der Waals surface area contributed by atoms with Crippen molar-refractivity contribution in [3.63, 3.8) is 0 Å². The van der Waals surface area contributed by atoms with Gasteiger partial charge in [0.2, 0.25) is 0 Å². The van der Waals surface area contributed by atoms with Crippen molar-refractivity contribution in [3.05, 3.63) is 199 Å². The molecule has 1 aliphatic carbocycles. The number of fused-ring (bicyclic) bond motifs is 7. The zero-order valence-corrected chi connectivity index (χ0v) is 32.0. The normalized spacial score (nSPS) is 14.1. The molecular formula is C53H36NO2P. The fourth-order valence-corrected chi connectivity index (χ4v) is 11.6. The Labute approximate surface area is 330 Å². The third-order valence-electron chi connectivity index (χ3n) is 11.5. The Kier molecular flexibility index (Phi) is 7.91. The highest BCUT2D eigenvalue weighted by atomic mass is 31.2. The van der Waals surface area contributed by atoms with Crippen LogP contribution in [0.5, 0.6) is 0 Å². The van der Waals surface area contributed by atoms with Gasteiger partial charge in [-0.1, -0.05) is 164 Å². The summed E-state index contributed by atoms with van der Waals surface area (Å²) in [4.78, 5) is 5.24. The first-order chi connectivity index (χ1) is 28.1. The van der Waals surface area contributed by atoms with Crippen LogP contribution in [0.4, 0.5) is 0 Å². The fraction of sp³-hybridized carbons (Fsp3) is 0.0377. The number of aromatic nitrogens is 1. The highest BCUT2D eigenvalue weighted by Gasteiger charge is 2.31. The van der Waals surface area contributed by atoms with Gasteiger partial charge < -0.3 is 8.98 Å². The Balaban J connectivity index is 1.06. The highest BCUT2D eigenvalue weighted by molar-refractivity contribution is 7.82. The molecule has 57 heavy (non-hydrogen) atoms. The first-order valence-electron chi connectivity index (χ1n) is 19.5. The summed E-state index contributed by atoms with van der Waals surface area (Å²) >= 11 is 0. The van der Waals surface area contributed by atoms with Crippen LogP contribution in [0.15, 0.2) is 204 Å². The Hall–Kier alpha value is -6.80. The Morgan fingerprint density at radius 3 is 1.98 bits per heavy atom. The summed E-state index contributed by atoms with van der Waals surface area (Å²) in [5.74, 6) is 0. The van der Waals surface area contributed by atoms with Crippen molar-refractivity contribution in [1.82, 2.24) is 4.98 Å². The van der Waals surface area contributed by atoms with Gasteiger partial charge in [0.15, 0.2) is 7.14 Å². The summed E-state index contributed by atoms with van der Waals surface area (Å²) in [6.07, 6.45) is 8.25. The monoisotopic (exact) mass is 749 g/mol. The van der Waals surface area contributed by atoms with E-state index in [-0.39, 0.29) is 0 Å². The number of allylic oxidation sites excluding steroid dienone is 4. The molecule has 0 spiro atoms. The second-order valence-corrected chi connectivity index (χ2v) is 17.6. The second kappa shape index (κ2) is 13.4. The molecule has 0 radical (unpaired) electrons. The largest absolute Gasteiger partial charge is 0.456 e. The number of hydrogen-bond donors (Lipinski definition) is 0. The SMILES string of the molecule is O=P(C1=CCCC=C1)(c1ccccc1)c1ccc2cc(-c3ccc(-c4c5c(cc6c(-c7ccccc7)nc7ccccc7c46)oc4ccccc45)cc3)ccc2c1. The van der Waals surface area contributed by atoms with Gasteiger partial charge in [0, 0.05) is 54.0 Å². The quantitative estimate of drug-likeness (QED) is 0.126. The van der Waals surface area contributed by atoms with Gasteiger partial charge in [-0.2, -0.15) is 0 Å². The molecule has 3 nitrogen and oxygen atoms in total. The lowest BCUT2D eigenvalue weighted by molar-refractivity contribution is 0.591. The number of furan rings is 1. The molecule has 0 fully saturated rings. The van der Waals surface area contributed by atoms with Crippen molar-refractivity contribution in [1.29, 1.82) is 0 Å². The van der Waals surface area contributed by atoms with Crippen LogP contribution < -0.4 is 10.6 Å². The molecule has 11 rings (SSSR count). The lowest BCUT2D eigenvalue weighted by atomic mass is 9.89. The van der Waals surface area contributed by atoms with E-state index in [0.717, 1.165) is 111 Å². The molecule has 0 aliphatic heterocycles.